The minimum absolute atomic E-state index is 0.0345. The maximum Gasteiger partial charge on any atom is 0.270 e. The zero-order valence-electron chi connectivity index (χ0n) is 28.1. The summed E-state index contributed by atoms with van der Waals surface area (Å²) in [4.78, 5) is 23.5. The van der Waals surface area contributed by atoms with Gasteiger partial charge in [-0.05, 0) is 44.2 Å². The predicted octanol–water partition coefficient (Wildman–Crippen LogP) is 7.96. The molecule has 10 heteroatoms. The second-order valence-electron chi connectivity index (χ2n) is 14.9. The number of nitrogens with zero attached hydrogens (tertiary/aromatic N) is 2. The van der Waals surface area contributed by atoms with Crippen LogP contribution in [-0.4, -0.2) is 33.3 Å². The third-order valence-corrected chi connectivity index (χ3v) is 9.24. The van der Waals surface area contributed by atoms with Crippen molar-refractivity contribution in [3.63, 3.8) is 0 Å². The van der Waals surface area contributed by atoms with Crippen molar-refractivity contribution in [3.8, 4) is 23.0 Å². The molecule has 0 saturated heterocycles. The van der Waals surface area contributed by atoms with Crippen LogP contribution in [0.4, 0.5) is 11.4 Å². The number of ether oxygens (including phenoxy) is 2. The maximum atomic E-state index is 12.2. The van der Waals surface area contributed by atoms with E-state index >= 15 is 0 Å². The predicted molar refractivity (Wildman–Crippen MR) is 182 cm³/mol. The Morgan fingerprint density at radius 1 is 0.521 bits per heavy atom. The number of hydrogen-bond acceptors (Lipinski definition) is 8. The molecule has 4 aromatic rings. The summed E-state index contributed by atoms with van der Waals surface area (Å²) in [5, 5.41) is 47.9. The van der Waals surface area contributed by atoms with Crippen molar-refractivity contribution in [2.24, 2.45) is 0 Å². The Hall–Kier alpha value is -5.12. The highest BCUT2D eigenvalue weighted by molar-refractivity contribution is 5.61. The van der Waals surface area contributed by atoms with Crippen LogP contribution < -0.4 is 9.47 Å². The summed E-state index contributed by atoms with van der Waals surface area (Å²) in [7, 11) is 0. The van der Waals surface area contributed by atoms with E-state index in [2.05, 4.69) is 41.5 Å². The number of fused-ring (bicyclic) bond motifs is 7. The number of rotatable bonds is 2. The molecule has 250 valence electrons. The first-order valence-electron chi connectivity index (χ1n) is 16.1. The fourth-order valence-corrected chi connectivity index (χ4v) is 6.61. The van der Waals surface area contributed by atoms with Crippen molar-refractivity contribution >= 4 is 11.4 Å². The summed E-state index contributed by atoms with van der Waals surface area (Å²) in [6, 6.07) is 13.5. The Morgan fingerprint density at radius 3 is 1.02 bits per heavy atom. The van der Waals surface area contributed by atoms with Crippen LogP contribution in [0.25, 0.3) is 0 Å². The van der Waals surface area contributed by atoms with Crippen molar-refractivity contribution in [2.45, 2.75) is 78.1 Å². The largest absolute Gasteiger partial charge is 0.507 e. The summed E-state index contributed by atoms with van der Waals surface area (Å²) in [6.07, 6.45) is 0.500. The molecule has 0 saturated carbocycles. The molecule has 6 rings (SSSR count). The molecule has 0 amide bonds. The molecule has 48 heavy (non-hydrogen) atoms. The molecule has 2 aliphatic rings. The van der Waals surface area contributed by atoms with Gasteiger partial charge in [0, 0.05) is 72.2 Å². The topological polar surface area (TPSA) is 145 Å². The van der Waals surface area contributed by atoms with Crippen molar-refractivity contribution in [1.82, 2.24) is 0 Å². The number of aromatic hydroxyl groups is 2. The van der Waals surface area contributed by atoms with Crippen LogP contribution >= 0.6 is 0 Å². The van der Waals surface area contributed by atoms with E-state index in [-0.39, 0.29) is 72.6 Å². The summed E-state index contributed by atoms with van der Waals surface area (Å²) in [5.74, 6) is 0.891. The van der Waals surface area contributed by atoms with Crippen LogP contribution in [0.3, 0.4) is 0 Å². The minimum Gasteiger partial charge on any atom is -0.507 e. The van der Waals surface area contributed by atoms with Gasteiger partial charge < -0.3 is 19.7 Å². The summed E-state index contributed by atoms with van der Waals surface area (Å²) in [6.45, 7) is 12.7. The van der Waals surface area contributed by atoms with E-state index in [1.165, 1.54) is 24.3 Å². The Morgan fingerprint density at radius 2 is 0.792 bits per heavy atom. The smallest absolute Gasteiger partial charge is 0.270 e. The monoisotopic (exact) mass is 652 g/mol. The van der Waals surface area contributed by atoms with Gasteiger partial charge in [-0.1, -0.05) is 65.8 Å². The number of nitro groups is 2. The number of non-ortho nitro benzene ring substituents is 2. The first-order chi connectivity index (χ1) is 22.5. The van der Waals surface area contributed by atoms with Gasteiger partial charge in [-0.25, -0.2) is 0 Å². The van der Waals surface area contributed by atoms with Crippen LogP contribution in [0.15, 0.2) is 48.5 Å². The van der Waals surface area contributed by atoms with Crippen LogP contribution in [0.1, 0.15) is 97.2 Å². The van der Waals surface area contributed by atoms with Crippen LogP contribution in [0.5, 0.6) is 23.0 Å². The first-order valence-corrected chi connectivity index (χ1v) is 16.1. The molecule has 2 aliphatic heterocycles. The second-order valence-corrected chi connectivity index (χ2v) is 14.9. The molecule has 10 nitrogen and oxygen atoms in total. The lowest BCUT2D eigenvalue weighted by molar-refractivity contribution is -0.385. The van der Waals surface area contributed by atoms with E-state index in [0.29, 0.717) is 56.0 Å². The van der Waals surface area contributed by atoms with E-state index in [9.17, 15) is 30.4 Å². The van der Waals surface area contributed by atoms with Gasteiger partial charge in [0.15, 0.2) is 0 Å². The van der Waals surface area contributed by atoms with E-state index in [4.69, 9.17) is 9.47 Å². The molecular formula is C38H40N2O8. The molecule has 0 aliphatic carbocycles. The van der Waals surface area contributed by atoms with E-state index < -0.39 is 9.85 Å². The molecule has 0 aromatic heterocycles. The maximum absolute atomic E-state index is 12.2. The average molecular weight is 653 g/mol. The Labute approximate surface area is 279 Å². The number of phenols is 2. The number of benzene rings is 4. The third-order valence-electron chi connectivity index (χ3n) is 9.24. The van der Waals surface area contributed by atoms with Gasteiger partial charge in [0.25, 0.3) is 11.4 Å². The lowest BCUT2D eigenvalue weighted by Gasteiger charge is -2.25. The minimum atomic E-state index is -0.451. The fraction of sp³-hybridized carbons (Fsp3) is 0.368. The van der Waals surface area contributed by atoms with Crippen molar-refractivity contribution in [3.05, 3.63) is 124 Å². The summed E-state index contributed by atoms with van der Waals surface area (Å²) >= 11 is 0. The lowest BCUT2D eigenvalue weighted by atomic mass is 9.81. The van der Waals surface area contributed by atoms with Crippen molar-refractivity contribution in [2.75, 3.05) is 13.2 Å². The molecule has 6 bridgehead atoms. The highest BCUT2D eigenvalue weighted by Crippen LogP contribution is 2.43. The Kier molecular flexibility index (Phi) is 8.09. The normalized spacial score (nSPS) is 14.4. The quantitative estimate of drug-likeness (QED) is 0.144. The van der Waals surface area contributed by atoms with Gasteiger partial charge in [-0.2, -0.15) is 0 Å². The number of hydrogen-bond donors (Lipinski definition) is 2. The second kappa shape index (κ2) is 11.8. The standard InChI is InChI=1S/C38H40N2O8/c1-37(2,3)29-13-25-9-21-17-31(39(43)44)19-23(33(21)41)11-27-15-30(38(4,5)6)16-28-12-24-20-32(40(45)46)18-22(34(24)42)10-26(14-29)35(25)47-7-8-48-36(27)28/h13-20,41-42H,7-12H2,1-6H3. The van der Waals surface area contributed by atoms with Gasteiger partial charge in [0.2, 0.25) is 0 Å². The molecular weight excluding hydrogens is 612 g/mol. The zero-order valence-corrected chi connectivity index (χ0v) is 28.1. The zero-order chi connectivity index (χ0) is 34.7. The van der Waals surface area contributed by atoms with Gasteiger partial charge in [-0.3, -0.25) is 20.2 Å². The van der Waals surface area contributed by atoms with E-state index in [1.807, 2.05) is 24.3 Å². The van der Waals surface area contributed by atoms with Gasteiger partial charge in [0.05, 0.1) is 9.85 Å². The molecule has 2 N–H and O–H groups in total. The third kappa shape index (κ3) is 6.26. The van der Waals surface area contributed by atoms with Crippen molar-refractivity contribution < 1.29 is 29.5 Å². The Balaban J connectivity index is 1.75. The lowest BCUT2D eigenvalue weighted by Crippen LogP contribution is -2.17. The summed E-state index contributed by atoms with van der Waals surface area (Å²) < 4.78 is 12.9. The molecule has 2 heterocycles. The van der Waals surface area contributed by atoms with Gasteiger partial charge in [0.1, 0.15) is 36.2 Å². The molecule has 4 aromatic carbocycles. The first kappa shape index (κ1) is 32.8. The van der Waals surface area contributed by atoms with Crippen molar-refractivity contribution in [1.29, 1.82) is 0 Å². The average Bonchev–Trinajstić information content (AvgIpc) is 2.99. The molecule has 0 spiro atoms. The Bertz CT molecular complexity index is 1740. The summed E-state index contributed by atoms with van der Waals surface area (Å²) in [5.41, 5.74) is 5.20. The van der Waals surface area contributed by atoms with Crippen LogP contribution in [0.2, 0.25) is 0 Å². The van der Waals surface area contributed by atoms with E-state index in [1.54, 1.807) is 0 Å². The number of nitro benzene ring substituents is 2. The van der Waals surface area contributed by atoms with Gasteiger partial charge in [-0.15, -0.1) is 0 Å². The number of phenolic OH excluding ortho intramolecular Hbond substituents is 2. The van der Waals surface area contributed by atoms with E-state index in [0.717, 1.165) is 11.1 Å². The fourth-order valence-electron chi connectivity index (χ4n) is 6.61. The SMILES string of the molecule is CC(C)(C)c1cc2c3c(c1)Cc1cc([N+](=O)[O-])cc(c1O)Cc1cc(C(C)(C)C)cc(c1OCCO3)Cc1cc([N+](=O)[O-])cc(c1O)C2. The highest BCUT2D eigenvalue weighted by atomic mass is 16.6. The van der Waals surface area contributed by atoms with Crippen LogP contribution in [0, 0.1) is 20.2 Å². The highest BCUT2D eigenvalue weighted by Gasteiger charge is 2.28. The van der Waals surface area contributed by atoms with Gasteiger partial charge >= 0.3 is 0 Å². The molecule has 0 atom stereocenters. The molecule has 0 unspecified atom stereocenters. The molecule has 0 fully saturated rings. The van der Waals surface area contributed by atoms with Crippen LogP contribution in [-0.2, 0) is 36.5 Å². The molecule has 0 radical (unpaired) electrons.